The van der Waals surface area contributed by atoms with E-state index >= 15 is 0 Å². The van der Waals surface area contributed by atoms with Gasteiger partial charge in [0, 0.05) is 23.2 Å². The van der Waals surface area contributed by atoms with Crippen molar-refractivity contribution in [3.63, 3.8) is 0 Å². The number of carbonyl (C=O) groups is 1. The van der Waals surface area contributed by atoms with Crippen molar-refractivity contribution < 1.29 is 27.4 Å². The molecule has 0 aliphatic rings. The van der Waals surface area contributed by atoms with E-state index in [0.717, 1.165) is 29.0 Å². The number of hydrogen-bond acceptors (Lipinski definition) is 5. The Morgan fingerprint density at radius 3 is 2.31 bits per heavy atom. The molecule has 1 aromatic heterocycles. The van der Waals surface area contributed by atoms with Gasteiger partial charge in [-0.05, 0) is 73.2 Å². The van der Waals surface area contributed by atoms with Crippen LogP contribution >= 0.6 is 0 Å². The first-order chi connectivity index (χ1) is 20.2. The van der Waals surface area contributed by atoms with Gasteiger partial charge in [0.15, 0.2) is 5.82 Å². The highest BCUT2D eigenvalue weighted by atomic mass is 19.4. The van der Waals surface area contributed by atoms with Crippen LogP contribution in [0.25, 0.3) is 17.1 Å². The van der Waals surface area contributed by atoms with Gasteiger partial charge in [0.05, 0.1) is 25.0 Å². The van der Waals surface area contributed by atoms with Crippen LogP contribution in [0, 0.1) is 6.92 Å². The standard InChI is InChI=1S/C32H27F3N4O3/c1-21-6-10-23(11-7-21)30(40)36-26-12-14-27(15-13-26)39-29(24-4-3-5-25(20-24)32(33,34)35)37-31(38-39)42-19-18-22-8-16-28(41-2)17-9-22/h3-17,20H,18-19H2,1-2H3,(H,36,40). The van der Waals surface area contributed by atoms with Crippen LogP contribution < -0.4 is 14.8 Å². The van der Waals surface area contributed by atoms with Crippen LogP contribution in [-0.2, 0) is 12.6 Å². The van der Waals surface area contributed by atoms with Gasteiger partial charge >= 0.3 is 12.2 Å². The van der Waals surface area contributed by atoms with E-state index in [0.29, 0.717) is 23.4 Å². The summed E-state index contributed by atoms with van der Waals surface area (Å²) in [5.41, 5.74) is 3.06. The molecule has 0 saturated carbocycles. The summed E-state index contributed by atoms with van der Waals surface area (Å²) in [6.45, 7) is 2.19. The number of halogens is 3. The third kappa shape index (κ3) is 6.77. The van der Waals surface area contributed by atoms with Crippen LogP contribution in [0.15, 0.2) is 97.1 Å². The monoisotopic (exact) mass is 572 g/mol. The maximum atomic E-state index is 13.5. The van der Waals surface area contributed by atoms with Gasteiger partial charge in [-0.1, -0.05) is 42.0 Å². The van der Waals surface area contributed by atoms with E-state index in [4.69, 9.17) is 9.47 Å². The number of methoxy groups -OCH3 is 1. The lowest BCUT2D eigenvalue weighted by Crippen LogP contribution is -2.11. The SMILES string of the molecule is COc1ccc(CCOc2nc(-c3cccc(C(F)(F)F)c3)n(-c3ccc(NC(=O)c4ccc(C)cc4)cc3)n2)cc1. The van der Waals surface area contributed by atoms with Gasteiger partial charge in [0.25, 0.3) is 5.91 Å². The first kappa shape index (κ1) is 28.4. The average molecular weight is 573 g/mol. The van der Waals surface area contributed by atoms with Crippen molar-refractivity contribution >= 4 is 11.6 Å². The molecule has 5 rings (SSSR count). The van der Waals surface area contributed by atoms with Crippen molar-refractivity contribution in [2.75, 3.05) is 19.0 Å². The molecule has 0 fully saturated rings. The second kappa shape index (κ2) is 12.2. The van der Waals surface area contributed by atoms with Gasteiger partial charge in [-0.25, -0.2) is 4.68 Å². The van der Waals surface area contributed by atoms with Crippen molar-refractivity contribution in [3.8, 4) is 28.8 Å². The Morgan fingerprint density at radius 1 is 0.929 bits per heavy atom. The minimum atomic E-state index is -4.52. The number of aromatic nitrogens is 3. The van der Waals surface area contributed by atoms with Crippen LogP contribution in [0.1, 0.15) is 27.0 Å². The number of anilines is 1. The summed E-state index contributed by atoms with van der Waals surface area (Å²) < 4.78 is 52.8. The van der Waals surface area contributed by atoms with E-state index in [2.05, 4.69) is 15.4 Å². The fraction of sp³-hybridized carbons (Fsp3) is 0.156. The van der Waals surface area contributed by atoms with E-state index in [9.17, 15) is 18.0 Å². The van der Waals surface area contributed by atoms with Crippen molar-refractivity contribution in [2.45, 2.75) is 19.5 Å². The lowest BCUT2D eigenvalue weighted by Gasteiger charge is -2.10. The summed E-state index contributed by atoms with van der Waals surface area (Å²) in [6.07, 6.45) is -3.96. The van der Waals surface area contributed by atoms with E-state index in [1.165, 1.54) is 16.8 Å². The predicted octanol–water partition coefficient (Wildman–Crippen LogP) is 7.14. The predicted molar refractivity (Wildman–Crippen MR) is 153 cm³/mol. The Balaban J connectivity index is 1.39. The normalized spacial score (nSPS) is 11.3. The number of rotatable bonds is 9. The summed E-state index contributed by atoms with van der Waals surface area (Å²) in [4.78, 5) is 17.0. The summed E-state index contributed by atoms with van der Waals surface area (Å²) in [5.74, 6) is 0.657. The minimum Gasteiger partial charge on any atom is -0.497 e. The number of hydrogen-bond donors (Lipinski definition) is 1. The number of benzene rings is 4. The molecule has 0 bridgehead atoms. The zero-order valence-corrected chi connectivity index (χ0v) is 22.9. The highest BCUT2D eigenvalue weighted by Crippen LogP contribution is 2.33. The first-order valence-corrected chi connectivity index (χ1v) is 13.1. The topological polar surface area (TPSA) is 78.3 Å². The number of carbonyl (C=O) groups excluding carboxylic acids is 1. The van der Waals surface area contributed by atoms with Gasteiger partial charge in [-0.3, -0.25) is 4.79 Å². The van der Waals surface area contributed by atoms with Crippen LogP contribution in [-0.4, -0.2) is 34.4 Å². The molecule has 5 aromatic rings. The Morgan fingerprint density at radius 2 is 1.64 bits per heavy atom. The van der Waals surface area contributed by atoms with E-state index < -0.39 is 11.7 Å². The molecule has 0 aliphatic heterocycles. The maximum Gasteiger partial charge on any atom is 0.416 e. The summed E-state index contributed by atoms with van der Waals surface area (Å²) in [6, 6.07) is 26.4. The van der Waals surface area contributed by atoms with Crippen molar-refractivity contribution in [3.05, 3.63) is 119 Å². The summed E-state index contributed by atoms with van der Waals surface area (Å²) >= 11 is 0. The largest absolute Gasteiger partial charge is 0.497 e. The number of ether oxygens (including phenoxy) is 2. The van der Waals surface area contributed by atoms with E-state index in [1.54, 1.807) is 43.5 Å². The zero-order valence-electron chi connectivity index (χ0n) is 22.9. The Hall–Kier alpha value is -5.12. The van der Waals surface area contributed by atoms with Crippen molar-refractivity contribution in [1.82, 2.24) is 14.8 Å². The molecule has 1 amide bonds. The van der Waals surface area contributed by atoms with Crippen LogP contribution in [0.2, 0.25) is 0 Å². The molecular weight excluding hydrogens is 545 g/mol. The molecule has 42 heavy (non-hydrogen) atoms. The Bertz CT molecular complexity index is 1660. The molecule has 4 aromatic carbocycles. The molecule has 7 nitrogen and oxygen atoms in total. The second-order valence-corrected chi connectivity index (χ2v) is 9.52. The Kier molecular flexibility index (Phi) is 8.24. The van der Waals surface area contributed by atoms with E-state index in [1.807, 2.05) is 43.3 Å². The summed E-state index contributed by atoms with van der Waals surface area (Å²) in [7, 11) is 1.59. The molecule has 1 heterocycles. The molecule has 0 radical (unpaired) electrons. The molecule has 214 valence electrons. The van der Waals surface area contributed by atoms with Gasteiger partial charge < -0.3 is 14.8 Å². The maximum absolute atomic E-state index is 13.5. The van der Waals surface area contributed by atoms with Gasteiger partial charge in [0.2, 0.25) is 0 Å². The lowest BCUT2D eigenvalue weighted by atomic mass is 10.1. The highest BCUT2D eigenvalue weighted by molar-refractivity contribution is 6.04. The smallest absolute Gasteiger partial charge is 0.416 e. The molecule has 0 aliphatic carbocycles. The third-order valence-corrected chi connectivity index (χ3v) is 6.50. The number of nitrogens with zero attached hydrogens (tertiary/aromatic N) is 3. The molecule has 0 unspecified atom stereocenters. The molecule has 1 N–H and O–H groups in total. The van der Waals surface area contributed by atoms with Gasteiger partial charge in [0.1, 0.15) is 5.75 Å². The number of aryl methyl sites for hydroxylation is 1. The molecule has 0 spiro atoms. The highest BCUT2D eigenvalue weighted by Gasteiger charge is 2.31. The fourth-order valence-corrected chi connectivity index (χ4v) is 4.20. The zero-order chi connectivity index (χ0) is 29.7. The first-order valence-electron chi connectivity index (χ1n) is 13.1. The quantitative estimate of drug-likeness (QED) is 0.203. The lowest BCUT2D eigenvalue weighted by molar-refractivity contribution is -0.137. The average Bonchev–Trinajstić information content (AvgIpc) is 3.42. The number of amides is 1. The molecule has 0 saturated heterocycles. The second-order valence-electron chi connectivity index (χ2n) is 9.52. The molecular formula is C32H27F3N4O3. The molecule has 0 atom stereocenters. The Labute approximate surface area is 240 Å². The van der Waals surface area contributed by atoms with E-state index in [-0.39, 0.29) is 29.9 Å². The number of alkyl halides is 3. The third-order valence-electron chi connectivity index (χ3n) is 6.50. The van der Waals surface area contributed by atoms with Crippen LogP contribution in [0.4, 0.5) is 18.9 Å². The van der Waals surface area contributed by atoms with Gasteiger partial charge in [-0.15, -0.1) is 5.10 Å². The fourth-order valence-electron chi connectivity index (χ4n) is 4.20. The van der Waals surface area contributed by atoms with Crippen LogP contribution in [0.3, 0.4) is 0 Å². The summed E-state index contributed by atoms with van der Waals surface area (Å²) in [5, 5.41) is 7.29. The molecule has 10 heteroatoms. The van der Waals surface area contributed by atoms with Crippen molar-refractivity contribution in [1.29, 1.82) is 0 Å². The van der Waals surface area contributed by atoms with Gasteiger partial charge in [-0.2, -0.15) is 18.2 Å². The number of nitrogens with one attached hydrogen (secondary N) is 1. The minimum absolute atomic E-state index is 0.0210. The van der Waals surface area contributed by atoms with Crippen LogP contribution in [0.5, 0.6) is 11.8 Å². The van der Waals surface area contributed by atoms with Crippen molar-refractivity contribution in [2.24, 2.45) is 0 Å².